The predicted octanol–water partition coefficient (Wildman–Crippen LogP) is -2.21. The second-order valence-electron chi connectivity index (χ2n) is 12.1. The van der Waals surface area contributed by atoms with E-state index in [1.54, 1.807) is 38.1 Å². The van der Waals surface area contributed by atoms with E-state index in [4.69, 9.17) is 28.7 Å². The molecule has 0 saturated carbocycles. The van der Waals surface area contributed by atoms with Crippen LogP contribution in [-0.2, 0) is 36.8 Å². The van der Waals surface area contributed by atoms with Crippen LogP contribution in [0.25, 0.3) is 0 Å². The largest absolute Gasteiger partial charge is 0.370 e. The Morgan fingerprint density at radius 2 is 1.45 bits per heavy atom. The number of aromatic amines is 1. The molecule has 0 aliphatic carbocycles. The van der Waals surface area contributed by atoms with Crippen molar-refractivity contribution in [3.8, 4) is 0 Å². The fourth-order valence-corrected chi connectivity index (χ4v) is 4.91. The maximum Gasteiger partial charge on any atom is 0.243 e. The highest BCUT2D eigenvalue weighted by Gasteiger charge is 2.33. The Balaban J connectivity index is 2.23. The normalized spacial score (nSPS) is 14.1. The standard InChI is InChI=1S/C32H52N12O5/c1-19(2)26(44-29(47)23(12-8-14-39-32(36)37)41-28(46)22(34)11-6-7-13-33)31(49)43-25(16-21-17-38-18-40-21)30(48)42-24(27(35)45)15-20-9-4-3-5-10-20/h3-5,9-10,17-19,22-26H,6-8,11-16,33-34H2,1-2H3,(H2,35,45)(H,38,40)(H,41,46)(H,42,48)(H,43,49)(H,44,47)(H4,36,37,39)/t22-,23-,24-,25-,26-/m0/s1. The SMILES string of the molecule is CC(C)[C@H](NC(=O)[C@H](CCCN=C(N)N)NC(=O)[C@@H](N)CCCCN)C(=O)N[C@@H](Cc1cnc[nH]1)C(=O)N[C@@H](Cc1ccccc1)C(N)=O. The maximum atomic E-state index is 13.7. The van der Waals surface area contributed by atoms with Gasteiger partial charge in [0, 0.05) is 31.3 Å². The number of aromatic nitrogens is 2. The topological polar surface area (TPSA) is 305 Å². The summed E-state index contributed by atoms with van der Waals surface area (Å²) < 4.78 is 0. The minimum Gasteiger partial charge on any atom is -0.370 e. The molecule has 0 saturated heterocycles. The van der Waals surface area contributed by atoms with Gasteiger partial charge in [-0.3, -0.25) is 29.0 Å². The molecule has 5 atom stereocenters. The van der Waals surface area contributed by atoms with E-state index in [1.807, 2.05) is 6.07 Å². The average Bonchev–Trinajstić information content (AvgIpc) is 3.57. The second kappa shape index (κ2) is 21.0. The van der Waals surface area contributed by atoms with Crippen LogP contribution in [0.3, 0.4) is 0 Å². The van der Waals surface area contributed by atoms with Gasteiger partial charge in [-0.1, -0.05) is 50.6 Å². The van der Waals surface area contributed by atoms with Crippen molar-refractivity contribution in [2.75, 3.05) is 13.1 Å². The number of carbonyl (C=O) groups is 5. The van der Waals surface area contributed by atoms with Crippen LogP contribution in [-0.4, -0.2) is 88.8 Å². The molecule has 0 unspecified atom stereocenters. The van der Waals surface area contributed by atoms with Crippen molar-refractivity contribution in [1.82, 2.24) is 31.2 Å². The summed E-state index contributed by atoms with van der Waals surface area (Å²) in [6, 6.07) is 3.75. The first-order chi connectivity index (χ1) is 23.3. The number of nitrogens with one attached hydrogen (secondary N) is 5. The van der Waals surface area contributed by atoms with Crippen LogP contribution in [0, 0.1) is 5.92 Å². The Hall–Kier alpha value is -5.03. The number of rotatable bonds is 22. The molecule has 1 aromatic heterocycles. The number of guanidine groups is 1. The Kier molecular flexibility index (Phi) is 17.2. The highest BCUT2D eigenvalue weighted by molar-refractivity contribution is 5.96. The zero-order chi connectivity index (χ0) is 36.3. The molecule has 15 N–H and O–H groups in total. The number of H-pyrrole nitrogens is 1. The van der Waals surface area contributed by atoms with Crippen molar-refractivity contribution in [3.05, 3.63) is 54.1 Å². The molecular weight excluding hydrogens is 632 g/mol. The lowest BCUT2D eigenvalue weighted by Gasteiger charge is -2.28. The van der Waals surface area contributed by atoms with E-state index in [9.17, 15) is 24.0 Å². The number of nitrogens with two attached hydrogens (primary N) is 5. The van der Waals surface area contributed by atoms with Gasteiger partial charge in [0.2, 0.25) is 29.5 Å². The van der Waals surface area contributed by atoms with E-state index >= 15 is 0 Å². The number of nitrogens with zero attached hydrogens (tertiary/aromatic N) is 2. The number of imidazole rings is 1. The summed E-state index contributed by atoms with van der Waals surface area (Å²) >= 11 is 0. The van der Waals surface area contributed by atoms with Gasteiger partial charge >= 0.3 is 0 Å². The van der Waals surface area contributed by atoms with Gasteiger partial charge in [-0.25, -0.2) is 4.98 Å². The van der Waals surface area contributed by atoms with Crippen molar-refractivity contribution in [1.29, 1.82) is 0 Å². The number of amides is 5. The Labute approximate surface area is 286 Å². The molecule has 0 spiro atoms. The molecular formula is C32H52N12O5. The lowest BCUT2D eigenvalue weighted by molar-refractivity contribution is -0.135. The molecule has 0 radical (unpaired) electrons. The quantitative estimate of drug-likeness (QED) is 0.0362. The molecule has 0 fully saturated rings. The van der Waals surface area contributed by atoms with E-state index < -0.39 is 65.7 Å². The first-order valence-corrected chi connectivity index (χ1v) is 16.3. The number of hydrogen-bond acceptors (Lipinski definition) is 9. The number of aliphatic imine (C=N–C) groups is 1. The van der Waals surface area contributed by atoms with Gasteiger partial charge < -0.3 is 54.9 Å². The molecule has 49 heavy (non-hydrogen) atoms. The van der Waals surface area contributed by atoms with Crippen molar-refractivity contribution in [2.45, 2.75) is 89.0 Å². The Morgan fingerprint density at radius 1 is 0.796 bits per heavy atom. The zero-order valence-corrected chi connectivity index (χ0v) is 28.2. The van der Waals surface area contributed by atoms with Crippen molar-refractivity contribution < 1.29 is 24.0 Å². The summed E-state index contributed by atoms with van der Waals surface area (Å²) in [6.07, 6.45) is 5.28. The molecule has 270 valence electrons. The number of hydrogen-bond donors (Lipinski definition) is 10. The lowest BCUT2D eigenvalue weighted by atomic mass is 10.0. The van der Waals surface area contributed by atoms with Crippen LogP contribution in [0.1, 0.15) is 57.2 Å². The van der Waals surface area contributed by atoms with Gasteiger partial charge in [0.05, 0.1) is 12.4 Å². The molecule has 0 bridgehead atoms. The first kappa shape index (κ1) is 40.1. The van der Waals surface area contributed by atoms with E-state index in [-0.39, 0.29) is 31.8 Å². The molecule has 0 aliphatic rings. The third kappa shape index (κ3) is 14.7. The van der Waals surface area contributed by atoms with Crippen LogP contribution in [0.2, 0.25) is 0 Å². The van der Waals surface area contributed by atoms with Crippen LogP contribution in [0.4, 0.5) is 0 Å². The minimum atomic E-state index is -1.18. The van der Waals surface area contributed by atoms with E-state index in [0.717, 1.165) is 5.56 Å². The molecule has 1 aromatic carbocycles. The van der Waals surface area contributed by atoms with E-state index in [1.165, 1.54) is 12.5 Å². The number of unbranched alkanes of at least 4 members (excludes halogenated alkanes) is 1. The van der Waals surface area contributed by atoms with Crippen molar-refractivity contribution in [2.24, 2.45) is 39.6 Å². The summed E-state index contributed by atoms with van der Waals surface area (Å²) in [5.41, 5.74) is 29.3. The van der Waals surface area contributed by atoms with Gasteiger partial charge in [-0.2, -0.15) is 0 Å². The molecule has 17 nitrogen and oxygen atoms in total. The Bertz CT molecular complexity index is 1370. The zero-order valence-electron chi connectivity index (χ0n) is 28.2. The summed E-state index contributed by atoms with van der Waals surface area (Å²) in [5, 5.41) is 10.8. The van der Waals surface area contributed by atoms with Crippen molar-refractivity contribution in [3.63, 3.8) is 0 Å². The van der Waals surface area contributed by atoms with Gasteiger partial charge in [-0.15, -0.1) is 0 Å². The minimum absolute atomic E-state index is 0.00132. The van der Waals surface area contributed by atoms with Crippen LogP contribution < -0.4 is 49.9 Å². The first-order valence-electron chi connectivity index (χ1n) is 16.3. The van der Waals surface area contributed by atoms with Gasteiger partial charge in [0.25, 0.3) is 0 Å². The smallest absolute Gasteiger partial charge is 0.243 e. The predicted molar refractivity (Wildman–Crippen MR) is 185 cm³/mol. The number of benzene rings is 1. The summed E-state index contributed by atoms with van der Waals surface area (Å²) in [4.78, 5) is 76.8. The highest BCUT2D eigenvalue weighted by Crippen LogP contribution is 2.09. The van der Waals surface area contributed by atoms with Gasteiger partial charge in [0.1, 0.15) is 24.2 Å². The Morgan fingerprint density at radius 3 is 2.04 bits per heavy atom. The lowest BCUT2D eigenvalue weighted by Crippen LogP contribution is -2.60. The fourth-order valence-electron chi connectivity index (χ4n) is 4.91. The summed E-state index contributed by atoms with van der Waals surface area (Å²) in [6.45, 7) is 4.11. The van der Waals surface area contributed by atoms with Crippen LogP contribution in [0.15, 0.2) is 47.8 Å². The molecule has 2 aromatic rings. The van der Waals surface area contributed by atoms with Gasteiger partial charge in [-0.05, 0) is 43.7 Å². The van der Waals surface area contributed by atoms with Crippen LogP contribution >= 0.6 is 0 Å². The van der Waals surface area contributed by atoms with Crippen molar-refractivity contribution >= 4 is 35.5 Å². The fraction of sp³-hybridized carbons (Fsp3) is 0.531. The number of carbonyl (C=O) groups excluding carboxylic acids is 5. The van der Waals surface area contributed by atoms with Gasteiger partial charge in [0.15, 0.2) is 5.96 Å². The summed E-state index contributed by atoms with van der Waals surface area (Å²) in [5.74, 6) is -3.78. The molecule has 1 heterocycles. The molecule has 0 aliphatic heterocycles. The van der Waals surface area contributed by atoms with Crippen LogP contribution in [0.5, 0.6) is 0 Å². The molecule has 17 heteroatoms. The monoisotopic (exact) mass is 684 g/mol. The van der Waals surface area contributed by atoms with E-state index in [2.05, 4.69) is 36.2 Å². The summed E-state index contributed by atoms with van der Waals surface area (Å²) in [7, 11) is 0. The second-order valence-corrected chi connectivity index (χ2v) is 12.1. The third-order valence-electron chi connectivity index (χ3n) is 7.69. The third-order valence-corrected chi connectivity index (χ3v) is 7.69. The molecule has 5 amide bonds. The van der Waals surface area contributed by atoms with E-state index in [0.29, 0.717) is 37.9 Å². The average molecular weight is 685 g/mol. The molecule has 2 rings (SSSR count). The highest BCUT2D eigenvalue weighted by atomic mass is 16.2. The number of primary amides is 1. The maximum absolute atomic E-state index is 13.7.